The summed E-state index contributed by atoms with van der Waals surface area (Å²) in [4.78, 5) is 32.0. The van der Waals surface area contributed by atoms with Crippen LogP contribution in [0.3, 0.4) is 0 Å². The van der Waals surface area contributed by atoms with Gasteiger partial charge < -0.3 is 24.8 Å². The monoisotopic (exact) mass is 575 g/mol. The molecule has 1 aromatic heterocycles. The third kappa shape index (κ3) is 5.69. The van der Waals surface area contributed by atoms with E-state index in [4.69, 9.17) is 26.3 Å². The SMILES string of the molecule is CC(C)(C)OC(=O)N1CCN(c2ccc(Nc3ncc4c(n3)N3CCN=C3C(c3ccc(Cl)cc3)=C4)cc2F)CC1. The molecular weight excluding hydrogens is 545 g/mol. The Labute approximate surface area is 243 Å². The van der Waals surface area contributed by atoms with Crippen molar-refractivity contribution in [1.29, 1.82) is 0 Å². The lowest BCUT2D eigenvalue weighted by Gasteiger charge is -2.36. The molecule has 3 aliphatic heterocycles. The Morgan fingerprint density at radius 2 is 1.80 bits per heavy atom. The molecule has 6 rings (SSSR count). The third-order valence-corrected chi connectivity index (χ3v) is 7.32. The molecule has 2 aromatic carbocycles. The normalized spacial score (nSPS) is 16.6. The maximum absolute atomic E-state index is 15.2. The summed E-state index contributed by atoms with van der Waals surface area (Å²) in [6, 6.07) is 12.7. The van der Waals surface area contributed by atoms with Crippen LogP contribution in [0.15, 0.2) is 53.7 Å². The number of nitrogens with one attached hydrogen (secondary N) is 1. The lowest BCUT2D eigenvalue weighted by molar-refractivity contribution is 0.0240. The minimum Gasteiger partial charge on any atom is -0.444 e. The highest BCUT2D eigenvalue weighted by atomic mass is 35.5. The van der Waals surface area contributed by atoms with Crippen molar-refractivity contribution in [3.8, 4) is 0 Å². The van der Waals surface area contributed by atoms with Crippen LogP contribution in [0.5, 0.6) is 0 Å². The summed E-state index contributed by atoms with van der Waals surface area (Å²) in [6.07, 6.45) is 3.47. The maximum atomic E-state index is 15.2. The molecule has 0 spiro atoms. The number of ether oxygens (including phenoxy) is 1. The number of amides is 1. The van der Waals surface area contributed by atoms with Crippen molar-refractivity contribution in [2.45, 2.75) is 26.4 Å². The van der Waals surface area contributed by atoms with Crippen molar-refractivity contribution in [2.75, 3.05) is 54.4 Å². The molecule has 0 bridgehead atoms. The highest BCUT2D eigenvalue weighted by Crippen LogP contribution is 2.36. The molecule has 212 valence electrons. The van der Waals surface area contributed by atoms with Gasteiger partial charge in [-0.15, -0.1) is 0 Å². The van der Waals surface area contributed by atoms with E-state index in [1.807, 2.05) is 62.1 Å². The van der Waals surface area contributed by atoms with Crippen LogP contribution in [0.4, 0.5) is 32.3 Å². The van der Waals surface area contributed by atoms with Crippen LogP contribution in [-0.2, 0) is 4.74 Å². The Balaban J connectivity index is 1.16. The molecule has 1 fully saturated rings. The summed E-state index contributed by atoms with van der Waals surface area (Å²) in [6.45, 7) is 8.88. The minimum atomic E-state index is -0.549. The number of aromatic nitrogens is 2. The summed E-state index contributed by atoms with van der Waals surface area (Å²) in [5, 5.41) is 3.83. The highest BCUT2D eigenvalue weighted by molar-refractivity contribution is 6.36. The topological polar surface area (TPSA) is 86.2 Å². The van der Waals surface area contributed by atoms with Crippen molar-refractivity contribution >= 4 is 58.3 Å². The van der Waals surface area contributed by atoms with Gasteiger partial charge >= 0.3 is 6.09 Å². The molecule has 9 nitrogen and oxygen atoms in total. The summed E-state index contributed by atoms with van der Waals surface area (Å²) < 4.78 is 20.7. The molecule has 0 aliphatic carbocycles. The average molecular weight is 576 g/mol. The van der Waals surface area contributed by atoms with E-state index >= 15 is 4.39 Å². The molecule has 0 saturated carbocycles. The van der Waals surface area contributed by atoms with Gasteiger partial charge in [-0.2, -0.15) is 4.98 Å². The van der Waals surface area contributed by atoms with E-state index in [1.165, 1.54) is 6.07 Å². The quantitative estimate of drug-likeness (QED) is 0.418. The number of aliphatic imine (C=N–C) groups is 1. The second-order valence-corrected chi connectivity index (χ2v) is 11.6. The second kappa shape index (κ2) is 10.7. The molecule has 41 heavy (non-hydrogen) atoms. The predicted octanol–water partition coefficient (Wildman–Crippen LogP) is 5.84. The first kappa shape index (κ1) is 27.0. The van der Waals surface area contributed by atoms with Crippen LogP contribution in [0.25, 0.3) is 11.6 Å². The summed E-state index contributed by atoms with van der Waals surface area (Å²) in [5.74, 6) is 1.64. The molecule has 0 unspecified atom stereocenters. The lowest BCUT2D eigenvalue weighted by atomic mass is 9.99. The predicted molar refractivity (Wildman–Crippen MR) is 161 cm³/mol. The highest BCUT2D eigenvalue weighted by Gasteiger charge is 2.31. The van der Waals surface area contributed by atoms with Gasteiger partial charge in [-0.05, 0) is 62.7 Å². The van der Waals surface area contributed by atoms with Gasteiger partial charge in [-0.25, -0.2) is 14.2 Å². The first-order valence-electron chi connectivity index (χ1n) is 13.6. The fourth-order valence-electron chi connectivity index (χ4n) is 5.13. The number of nitrogens with zero attached hydrogens (tertiary/aromatic N) is 6. The zero-order valence-corrected chi connectivity index (χ0v) is 24.0. The fraction of sp³-hybridized carbons (Fsp3) is 0.333. The number of carbonyl (C=O) groups is 1. The average Bonchev–Trinajstić information content (AvgIpc) is 3.43. The smallest absolute Gasteiger partial charge is 0.410 e. The number of benzene rings is 2. The zero-order valence-electron chi connectivity index (χ0n) is 23.2. The molecule has 1 amide bonds. The number of anilines is 4. The Morgan fingerprint density at radius 3 is 2.51 bits per heavy atom. The lowest BCUT2D eigenvalue weighted by Crippen LogP contribution is -2.50. The van der Waals surface area contributed by atoms with Gasteiger partial charge in [-0.1, -0.05) is 23.7 Å². The molecule has 1 N–H and O–H groups in total. The number of halogens is 2. The van der Waals surface area contributed by atoms with E-state index < -0.39 is 5.60 Å². The molecule has 4 heterocycles. The van der Waals surface area contributed by atoms with Crippen molar-refractivity contribution in [1.82, 2.24) is 14.9 Å². The molecule has 1 saturated heterocycles. The molecule has 3 aromatic rings. The Bertz CT molecular complexity index is 1540. The van der Waals surface area contributed by atoms with Crippen LogP contribution in [-0.4, -0.2) is 71.7 Å². The Kier molecular flexibility index (Phi) is 7.03. The van der Waals surface area contributed by atoms with Crippen molar-refractivity contribution in [3.05, 3.63) is 70.6 Å². The number of piperazine rings is 1. The fourth-order valence-corrected chi connectivity index (χ4v) is 5.26. The van der Waals surface area contributed by atoms with Crippen LogP contribution in [0.2, 0.25) is 5.02 Å². The van der Waals surface area contributed by atoms with Gasteiger partial charge in [0.1, 0.15) is 23.1 Å². The van der Waals surface area contributed by atoms with Gasteiger partial charge in [0, 0.05) is 60.8 Å². The van der Waals surface area contributed by atoms with Crippen LogP contribution in [0.1, 0.15) is 31.9 Å². The van der Waals surface area contributed by atoms with E-state index in [-0.39, 0.29) is 11.9 Å². The van der Waals surface area contributed by atoms with Crippen molar-refractivity contribution < 1.29 is 13.9 Å². The standard InChI is InChI=1S/C30H31ClFN7O2/c1-30(2,3)41-29(40)38-14-12-37(13-15-38)25-9-8-22(17-24(25)32)35-28-34-18-20-16-23(19-4-6-21(31)7-5-19)27-33-10-11-39(27)26(20)36-28/h4-9,16-18H,10-15H2,1-3H3,(H,34,35,36). The number of fused-ring (bicyclic) bond motifs is 3. The van der Waals surface area contributed by atoms with E-state index in [0.717, 1.165) is 28.4 Å². The van der Waals surface area contributed by atoms with Crippen LogP contribution < -0.4 is 15.1 Å². The number of amidine groups is 1. The second-order valence-electron chi connectivity index (χ2n) is 11.1. The largest absolute Gasteiger partial charge is 0.444 e. The Morgan fingerprint density at radius 1 is 1.05 bits per heavy atom. The van der Waals surface area contributed by atoms with Gasteiger partial charge in [0.2, 0.25) is 5.95 Å². The zero-order chi connectivity index (χ0) is 28.7. The first-order valence-corrected chi connectivity index (χ1v) is 14.0. The van der Waals surface area contributed by atoms with Gasteiger partial charge in [-0.3, -0.25) is 4.99 Å². The van der Waals surface area contributed by atoms with Gasteiger partial charge in [0.25, 0.3) is 0 Å². The van der Waals surface area contributed by atoms with Crippen molar-refractivity contribution in [2.24, 2.45) is 4.99 Å². The van der Waals surface area contributed by atoms with E-state index in [1.54, 1.807) is 17.2 Å². The van der Waals surface area contributed by atoms with Gasteiger partial charge in [0.05, 0.1) is 12.2 Å². The number of hydrogen-bond acceptors (Lipinski definition) is 8. The number of carbonyl (C=O) groups excluding carboxylic acids is 1. The van der Waals surface area contributed by atoms with E-state index in [9.17, 15) is 4.79 Å². The summed E-state index contributed by atoms with van der Waals surface area (Å²) >= 11 is 6.09. The molecule has 3 aliphatic rings. The summed E-state index contributed by atoms with van der Waals surface area (Å²) in [7, 11) is 0. The first-order chi connectivity index (χ1) is 19.6. The molecule has 0 atom stereocenters. The number of rotatable bonds is 4. The molecule has 0 radical (unpaired) electrons. The summed E-state index contributed by atoms with van der Waals surface area (Å²) in [5.41, 5.74) is 3.39. The van der Waals surface area contributed by atoms with E-state index in [0.29, 0.717) is 61.6 Å². The molecule has 11 heteroatoms. The minimum absolute atomic E-state index is 0.341. The van der Waals surface area contributed by atoms with Crippen LogP contribution >= 0.6 is 11.6 Å². The van der Waals surface area contributed by atoms with Crippen LogP contribution in [0, 0.1) is 5.82 Å². The van der Waals surface area contributed by atoms with E-state index in [2.05, 4.69) is 15.2 Å². The maximum Gasteiger partial charge on any atom is 0.410 e. The van der Waals surface area contributed by atoms with Gasteiger partial charge in [0.15, 0.2) is 0 Å². The van der Waals surface area contributed by atoms with Crippen molar-refractivity contribution in [3.63, 3.8) is 0 Å². The third-order valence-electron chi connectivity index (χ3n) is 7.06. The Hall–Kier alpha value is -4.18. The number of hydrogen-bond donors (Lipinski definition) is 1. The molecular formula is C30H31ClFN7O2.